The van der Waals surface area contributed by atoms with Crippen LogP contribution in [0.4, 0.5) is 0 Å². The van der Waals surface area contributed by atoms with Crippen LogP contribution in [0, 0.1) is 0 Å². The first-order valence-electron chi connectivity index (χ1n) is 14.8. The van der Waals surface area contributed by atoms with E-state index in [2.05, 4.69) is 108 Å². The minimum absolute atomic E-state index is 0.877. The van der Waals surface area contributed by atoms with E-state index < -0.39 is 8.07 Å². The van der Waals surface area contributed by atoms with Crippen LogP contribution >= 0.6 is 0 Å². The Bertz CT molecular complexity index is 1920. The summed E-state index contributed by atoms with van der Waals surface area (Å²) in [5.74, 6) is 0. The minimum atomic E-state index is -2.39. The van der Waals surface area contributed by atoms with Gasteiger partial charge in [0.2, 0.25) is 0 Å². The normalized spacial score (nSPS) is 16.0. The summed E-state index contributed by atoms with van der Waals surface area (Å²) >= 11 is 0. The van der Waals surface area contributed by atoms with Gasteiger partial charge in [0.15, 0.2) is 0 Å². The zero-order chi connectivity index (χ0) is 29.2. The van der Waals surface area contributed by atoms with Crippen molar-refractivity contribution < 1.29 is 0 Å². The Morgan fingerprint density at radius 2 is 1.07 bits per heavy atom. The van der Waals surface area contributed by atoms with Crippen molar-refractivity contribution in [1.29, 1.82) is 0 Å². The van der Waals surface area contributed by atoms with Crippen LogP contribution in [0.15, 0.2) is 145 Å². The Balaban J connectivity index is 1.51. The van der Waals surface area contributed by atoms with Gasteiger partial charge < -0.3 is 0 Å². The molecular weight excluding hydrogens is 541 g/mol. The third-order valence-corrected chi connectivity index (χ3v) is 11.8. The number of allylic oxidation sites excluding steroid dienone is 6. The molecule has 1 aliphatic heterocycles. The van der Waals surface area contributed by atoms with Gasteiger partial charge >= 0.3 is 0 Å². The van der Waals surface area contributed by atoms with Crippen molar-refractivity contribution in [2.75, 3.05) is 0 Å². The van der Waals surface area contributed by atoms with Crippen molar-refractivity contribution in [2.24, 2.45) is 0 Å². The van der Waals surface area contributed by atoms with Gasteiger partial charge in [0, 0.05) is 12.4 Å². The highest BCUT2D eigenvalue weighted by Crippen LogP contribution is 2.54. The summed E-state index contributed by atoms with van der Waals surface area (Å²) in [5.41, 5.74) is 10.7. The highest BCUT2D eigenvalue weighted by Gasteiger charge is 2.45. The van der Waals surface area contributed by atoms with E-state index in [9.17, 15) is 0 Å². The van der Waals surface area contributed by atoms with Crippen molar-refractivity contribution in [3.05, 3.63) is 162 Å². The monoisotopic (exact) mass is 572 g/mol. The molecule has 0 unspecified atom stereocenters. The number of aromatic nitrogens is 4. The molecule has 0 radical (unpaired) electrons. The molecular formula is C38H32N4Si. The molecule has 7 rings (SSSR count). The molecule has 208 valence electrons. The predicted octanol–water partition coefficient (Wildman–Crippen LogP) is 9.04. The summed E-state index contributed by atoms with van der Waals surface area (Å²) in [4.78, 5) is 19.8. The summed E-state index contributed by atoms with van der Waals surface area (Å²) in [6.45, 7) is 4.91. The van der Waals surface area contributed by atoms with Crippen LogP contribution in [0.5, 0.6) is 0 Å². The Morgan fingerprint density at radius 3 is 1.60 bits per heavy atom. The average molecular weight is 573 g/mol. The topological polar surface area (TPSA) is 51.6 Å². The maximum atomic E-state index is 5.30. The van der Waals surface area contributed by atoms with Crippen molar-refractivity contribution in [1.82, 2.24) is 19.9 Å². The summed E-state index contributed by atoms with van der Waals surface area (Å²) in [6.07, 6.45) is 12.4. The van der Waals surface area contributed by atoms with Gasteiger partial charge in [-0.1, -0.05) is 85.9 Å². The first-order chi connectivity index (χ1) is 21.1. The third kappa shape index (κ3) is 5.02. The van der Waals surface area contributed by atoms with Crippen LogP contribution in [0.2, 0.25) is 13.1 Å². The second-order valence-electron chi connectivity index (χ2n) is 11.4. The molecule has 0 saturated carbocycles. The second kappa shape index (κ2) is 11.3. The lowest BCUT2D eigenvalue weighted by molar-refractivity contribution is 0.981. The summed E-state index contributed by atoms with van der Waals surface area (Å²) < 4.78 is 0. The van der Waals surface area contributed by atoms with Crippen LogP contribution in [-0.4, -0.2) is 28.0 Å². The molecule has 0 amide bonds. The van der Waals surface area contributed by atoms with E-state index in [0.717, 1.165) is 47.0 Å². The quantitative estimate of drug-likeness (QED) is 0.191. The van der Waals surface area contributed by atoms with Gasteiger partial charge in [-0.15, -0.1) is 0 Å². The molecule has 1 aliphatic carbocycles. The molecule has 2 aliphatic rings. The van der Waals surface area contributed by atoms with Gasteiger partial charge in [-0.3, -0.25) is 9.97 Å². The van der Waals surface area contributed by atoms with Crippen LogP contribution in [-0.2, 0) is 0 Å². The van der Waals surface area contributed by atoms with Gasteiger partial charge in [0.05, 0.1) is 34.2 Å². The standard InChI is InChI=1S/C38H32N4Si/c1-43(2)37(33-23-13-21-31(41-33)29-19-9-11-25-39-29)35(27-15-5-3-6-16-27)36(28-17-7-4-8-18-28)38(43)34-24-14-22-32(42-34)30-20-10-12-26-40-30/h3-7,9-17,19-26H,8,18H2,1-2H3. The summed E-state index contributed by atoms with van der Waals surface area (Å²) in [6, 6.07) is 35.5. The Kier molecular flexibility index (Phi) is 7.09. The zero-order valence-electron chi connectivity index (χ0n) is 24.4. The predicted molar refractivity (Wildman–Crippen MR) is 179 cm³/mol. The lowest BCUT2D eigenvalue weighted by Crippen LogP contribution is -2.29. The van der Waals surface area contributed by atoms with E-state index in [-0.39, 0.29) is 0 Å². The van der Waals surface area contributed by atoms with E-state index in [4.69, 9.17) is 9.97 Å². The van der Waals surface area contributed by atoms with Crippen molar-refractivity contribution >= 4 is 24.0 Å². The fourth-order valence-corrected chi connectivity index (χ4v) is 10.00. The molecule has 0 bridgehead atoms. The minimum Gasteiger partial charge on any atom is -0.255 e. The second-order valence-corrected chi connectivity index (χ2v) is 15.6. The number of benzene rings is 1. The SMILES string of the molecule is C[Si]1(C)C(c2cccc(-c3ccccn3)n2)=C(C2=CC=CCC2)C(c2ccccc2)=C1c1cccc(-c2ccccn2)n1. The molecule has 4 nitrogen and oxygen atoms in total. The van der Waals surface area contributed by atoms with Crippen LogP contribution in [0.3, 0.4) is 0 Å². The average Bonchev–Trinajstić information content (AvgIpc) is 3.33. The molecule has 0 N–H and O–H groups in total. The number of nitrogens with zero attached hydrogens (tertiary/aromatic N) is 4. The van der Waals surface area contributed by atoms with E-state index in [1.54, 1.807) is 0 Å². The smallest absolute Gasteiger partial charge is 0.119 e. The molecule has 43 heavy (non-hydrogen) atoms. The third-order valence-electron chi connectivity index (χ3n) is 8.26. The van der Waals surface area contributed by atoms with Crippen molar-refractivity contribution in [3.8, 4) is 22.8 Å². The Morgan fingerprint density at radius 1 is 0.535 bits per heavy atom. The molecule has 5 heterocycles. The lowest BCUT2D eigenvalue weighted by atomic mass is 9.86. The molecule has 0 fully saturated rings. The number of pyridine rings is 4. The van der Waals surface area contributed by atoms with Gasteiger partial charge in [0.25, 0.3) is 0 Å². The number of hydrogen-bond donors (Lipinski definition) is 0. The fourth-order valence-electron chi connectivity index (χ4n) is 6.38. The highest BCUT2D eigenvalue weighted by molar-refractivity contribution is 7.11. The Labute approximate surface area is 254 Å². The lowest BCUT2D eigenvalue weighted by Gasteiger charge is -2.26. The molecule has 4 aromatic heterocycles. The first kappa shape index (κ1) is 26.9. The van der Waals surface area contributed by atoms with Crippen LogP contribution in [0.1, 0.15) is 29.8 Å². The van der Waals surface area contributed by atoms with Gasteiger partial charge in [0.1, 0.15) is 8.07 Å². The van der Waals surface area contributed by atoms with Crippen LogP contribution < -0.4 is 0 Å². The number of hydrogen-bond acceptors (Lipinski definition) is 4. The maximum Gasteiger partial charge on any atom is 0.119 e. The van der Waals surface area contributed by atoms with Gasteiger partial charge in [-0.05, 0) is 94.0 Å². The van der Waals surface area contributed by atoms with E-state index in [1.165, 1.54) is 32.7 Å². The molecule has 0 saturated heterocycles. The molecule has 5 heteroatoms. The number of rotatable bonds is 6. The van der Waals surface area contributed by atoms with E-state index in [0.29, 0.717) is 0 Å². The van der Waals surface area contributed by atoms with Crippen LogP contribution in [0.25, 0.3) is 38.7 Å². The fraction of sp³-hybridized carbons (Fsp3) is 0.105. The summed E-state index contributed by atoms with van der Waals surface area (Å²) in [7, 11) is -2.39. The Hall–Kier alpha value is -5.00. The van der Waals surface area contributed by atoms with E-state index in [1.807, 2.05) is 48.8 Å². The zero-order valence-corrected chi connectivity index (χ0v) is 25.4. The molecule has 0 spiro atoms. The van der Waals surface area contributed by atoms with Crippen molar-refractivity contribution in [2.45, 2.75) is 25.9 Å². The highest BCUT2D eigenvalue weighted by atomic mass is 28.3. The molecule has 5 aromatic rings. The maximum absolute atomic E-state index is 5.30. The molecule has 0 atom stereocenters. The van der Waals surface area contributed by atoms with Gasteiger partial charge in [-0.25, -0.2) is 9.97 Å². The van der Waals surface area contributed by atoms with Gasteiger partial charge in [-0.2, -0.15) is 0 Å². The largest absolute Gasteiger partial charge is 0.255 e. The summed E-state index contributed by atoms with van der Waals surface area (Å²) in [5, 5.41) is 2.69. The van der Waals surface area contributed by atoms with E-state index >= 15 is 0 Å². The van der Waals surface area contributed by atoms with Crippen molar-refractivity contribution in [3.63, 3.8) is 0 Å². The molecule has 1 aromatic carbocycles. The first-order valence-corrected chi connectivity index (χ1v) is 17.8.